The smallest absolute Gasteiger partial charge is 0.324 e. The van der Waals surface area contributed by atoms with Crippen LogP contribution < -0.4 is 0 Å². The Balaban J connectivity index is 2.03. The molecule has 3 nitrogen and oxygen atoms in total. The number of aliphatic carboxylic acids is 1. The number of hydrogen-bond donors (Lipinski definition) is 1. The molecule has 1 atom stereocenters. The van der Waals surface area contributed by atoms with Crippen molar-refractivity contribution in [3.8, 4) is 0 Å². The van der Waals surface area contributed by atoms with E-state index < -0.39 is 11.5 Å². The van der Waals surface area contributed by atoms with Crippen LogP contribution in [0.15, 0.2) is 91.0 Å². The molecule has 0 aliphatic rings. The summed E-state index contributed by atoms with van der Waals surface area (Å²) in [6, 6.07) is 30.3. The molecule has 0 bridgehead atoms. The van der Waals surface area contributed by atoms with Crippen molar-refractivity contribution in [2.75, 3.05) is 0 Å². The monoisotopic (exact) mass is 387 g/mol. The van der Waals surface area contributed by atoms with Crippen molar-refractivity contribution < 1.29 is 9.90 Å². The average molecular weight is 388 g/mol. The first kappa shape index (κ1) is 20.8. The summed E-state index contributed by atoms with van der Waals surface area (Å²) in [7, 11) is 0. The molecule has 1 N–H and O–H groups in total. The largest absolute Gasteiger partial charge is 0.480 e. The van der Waals surface area contributed by atoms with Crippen LogP contribution in [0.1, 0.15) is 36.5 Å². The maximum Gasteiger partial charge on any atom is 0.324 e. The first-order valence-electron chi connectivity index (χ1n) is 10.2. The second kappa shape index (κ2) is 10.0. The number of carbonyl (C=O) groups is 1. The molecule has 3 aromatic carbocycles. The molecule has 0 unspecified atom stereocenters. The molecule has 0 aromatic heterocycles. The van der Waals surface area contributed by atoms with Crippen molar-refractivity contribution in [1.82, 2.24) is 4.90 Å². The minimum atomic E-state index is -0.970. The fourth-order valence-corrected chi connectivity index (χ4v) is 3.99. The summed E-state index contributed by atoms with van der Waals surface area (Å²) >= 11 is 0. The highest BCUT2D eigenvalue weighted by atomic mass is 16.4. The second-order valence-corrected chi connectivity index (χ2v) is 7.58. The highest BCUT2D eigenvalue weighted by Crippen LogP contribution is 2.31. The zero-order chi connectivity index (χ0) is 20.5. The van der Waals surface area contributed by atoms with E-state index in [0.29, 0.717) is 25.9 Å². The third-order valence-corrected chi connectivity index (χ3v) is 5.44. The number of rotatable bonds is 10. The molecule has 0 saturated heterocycles. The Morgan fingerprint density at radius 1 is 0.759 bits per heavy atom. The Morgan fingerprint density at radius 2 is 1.17 bits per heavy atom. The van der Waals surface area contributed by atoms with Gasteiger partial charge in [-0.25, -0.2) is 0 Å². The molecule has 0 radical (unpaired) electrons. The van der Waals surface area contributed by atoms with E-state index in [9.17, 15) is 9.90 Å². The molecule has 0 saturated carbocycles. The molecule has 0 aliphatic heterocycles. The minimum absolute atomic E-state index is 0.483. The Hall–Kier alpha value is -2.91. The average Bonchev–Trinajstić information content (AvgIpc) is 2.75. The highest BCUT2D eigenvalue weighted by molar-refractivity contribution is 5.79. The van der Waals surface area contributed by atoms with Gasteiger partial charge in [-0.15, -0.1) is 0 Å². The van der Waals surface area contributed by atoms with Crippen LogP contribution in [0.4, 0.5) is 0 Å². The summed E-state index contributed by atoms with van der Waals surface area (Å²) in [6.07, 6.45) is 1.88. The Labute approximate surface area is 173 Å². The van der Waals surface area contributed by atoms with Crippen molar-refractivity contribution in [2.24, 2.45) is 0 Å². The molecular weight excluding hydrogens is 358 g/mol. The van der Waals surface area contributed by atoms with Gasteiger partial charge >= 0.3 is 5.97 Å². The molecule has 29 heavy (non-hydrogen) atoms. The predicted molar refractivity (Wildman–Crippen MR) is 118 cm³/mol. The summed E-state index contributed by atoms with van der Waals surface area (Å²) < 4.78 is 0. The van der Waals surface area contributed by atoms with Crippen LogP contribution in [-0.2, 0) is 24.3 Å². The lowest BCUT2D eigenvalue weighted by atomic mass is 9.83. The maximum absolute atomic E-state index is 12.8. The van der Waals surface area contributed by atoms with Crippen LogP contribution in [0.25, 0.3) is 0 Å². The Kier molecular flexibility index (Phi) is 7.20. The van der Waals surface area contributed by atoms with Crippen LogP contribution in [-0.4, -0.2) is 21.5 Å². The molecule has 0 amide bonds. The lowest BCUT2D eigenvalue weighted by molar-refractivity contribution is -0.153. The lowest BCUT2D eigenvalue weighted by Crippen LogP contribution is -2.55. The highest BCUT2D eigenvalue weighted by Gasteiger charge is 2.43. The summed E-state index contributed by atoms with van der Waals surface area (Å²) in [5, 5.41) is 10.5. The SMILES string of the molecule is CCC[C@@](Cc1ccccc1)(C(=O)O)N(Cc1ccccc1)Cc1ccccc1. The molecule has 3 heteroatoms. The van der Waals surface area contributed by atoms with E-state index in [2.05, 4.69) is 36.1 Å². The zero-order valence-electron chi connectivity index (χ0n) is 17.0. The molecule has 0 aliphatic carbocycles. The molecular formula is C26H29NO2. The van der Waals surface area contributed by atoms with Crippen LogP contribution in [0.3, 0.4) is 0 Å². The predicted octanol–water partition coefficient (Wildman–Crippen LogP) is 5.56. The molecule has 3 aromatic rings. The van der Waals surface area contributed by atoms with Gasteiger partial charge in [0.05, 0.1) is 0 Å². The van der Waals surface area contributed by atoms with Crippen molar-refractivity contribution in [1.29, 1.82) is 0 Å². The number of hydrogen-bond acceptors (Lipinski definition) is 2. The van der Waals surface area contributed by atoms with Gasteiger partial charge in [0.1, 0.15) is 5.54 Å². The molecule has 0 fully saturated rings. The van der Waals surface area contributed by atoms with E-state index in [0.717, 1.165) is 23.1 Å². The maximum atomic E-state index is 12.8. The number of benzene rings is 3. The van der Waals surface area contributed by atoms with Gasteiger partial charge in [0.25, 0.3) is 0 Å². The normalized spacial score (nSPS) is 13.2. The third kappa shape index (κ3) is 5.33. The van der Waals surface area contributed by atoms with Gasteiger partial charge in [0.2, 0.25) is 0 Å². The van der Waals surface area contributed by atoms with Gasteiger partial charge in [-0.3, -0.25) is 9.69 Å². The third-order valence-electron chi connectivity index (χ3n) is 5.44. The standard InChI is InChI=1S/C26H29NO2/c1-2-18-26(25(28)29,19-22-12-6-3-7-13-22)27(20-23-14-8-4-9-15-23)21-24-16-10-5-11-17-24/h3-17H,2,18-21H2,1H3,(H,28,29)/t26-/m1/s1. The summed E-state index contributed by atoms with van der Waals surface area (Å²) in [5.74, 6) is -0.755. The van der Waals surface area contributed by atoms with Gasteiger partial charge in [-0.05, 0) is 23.1 Å². The van der Waals surface area contributed by atoms with Crippen LogP contribution in [0.5, 0.6) is 0 Å². The topological polar surface area (TPSA) is 40.5 Å². The van der Waals surface area contributed by atoms with Crippen molar-refractivity contribution in [2.45, 2.75) is 44.8 Å². The van der Waals surface area contributed by atoms with E-state index >= 15 is 0 Å². The summed E-state index contributed by atoms with van der Waals surface area (Å²) in [6.45, 7) is 3.25. The first-order valence-corrected chi connectivity index (χ1v) is 10.2. The van der Waals surface area contributed by atoms with Gasteiger partial charge in [-0.2, -0.15) is 0 Å². The summed E-state index contributed by atoms with van der Waals surface area (Å²) in [5.41, 5.74) is 2.33. The lowest BCUT2D eigenvalue weighted by Gasteiger charge is -2.41. The van der Waals surface area contributed by atoms with Crippen LogP contribution in [0, 0.1) is 0 Å². The Morgan fingerprint density at radius 3 is 1.55 bits per heavy atom. The number of carboxylic acid groups (broad SMARTS) is 1. The molecule has 0 heterocycles. The molecule has 0 spiro atoms. The van der Waals surface area contributed by atoms with E-state index in [1.54, 1.807) is 0 Å². The van der Waals surface area contributed by atoms with Gasteiger partial charge < -0.3 is 5.11 Å². The van der Waals surface area contributed by atoms with Gasteiger partial charge in [0.15, 0.2) is 0 Å². The van der Waals surface area contributed by atoms with E-state index in [1.165, 1.54) is 0 Å². The first-order chi connectivity index (χ1) is 14.1. The second-order valence-electron chi connectivity index (χ2n) is 7.58. The minimum Gasteiger partial charge on any atom is -0.480 e. The molecule has 150 valence electrons. The fraction of sp³-hybridized carbons (Fsp3) is 0.269. The number of nitrogens with zero attached hydrogens (tertiary/aromatic N) is 1. The zero-order valence-corrected chi connectivity index (χ0v) is 17.0. The van der Waals surface area contributed by atoms with E-state index in [4.69, 9.17) is 0 Å². The van der Waals surface area contributed by atoms with E-state index in [-0.39, 0.29) is 0 Å². The van der Waals surface area contributed by atoms with Crippen LogP contribution in [0.2, 0.25) is 0 Å². The van der Waals surface area contributed by atoms with Gasteiger partial charge in [-0.1, -0.05) is 104 Å². The quantitative estimate of drug-likeness (QED) is 0.495. The van der Waals surface area contributed by atoms with Crippen molar-refractivity contribution in [3.63, 3.8) is 0 Å². The van der Waals surface area contributed by atoms with E-state index in [1.807, 2.05) is 66.7 Å². The van der Waals surface area contributed by atoms with Crippen molar-refractivity contribution >= 4 is 5.97 Å². The molecule has 3 rings (SSSR count). The fourth-order valence-electron chi connectivity index (χ4n) is 3.99. The summed E-state index contributed by atoms with van der Waals surface area (Å²) in [4.78, 5) is 14.9. The number of carboxylic acids is 1. The van der Waals surface area contributed by atoms with Gasteiger partial charge in [0, 0.05) is 19.5 Å². The Bertz CT molecular complexity index is 839. The van der Waals surface area contributed by atoms with Crippen LogP contribution >= 0.6 is 0 Å². The van der Waals surface area contributed by atoms with Crippen molar-refractivity contribution in [3.05, 3.63) is 108 Å².